The third-order valence-corrected chi connectivity index (χ3v) is 3.69. The number of aromatic nitrogens is 1. The smallest absolute Gasteiger partial charge is 0.169 e. The summed E-state index contributed by atoms with van der Waals surface area (Å²) in [5.41, 5.74) is 3.83. The van der Waals surface area contributed by atoms with Gasteiger partial charge in [0.2, 0.25) is 0 Å². The summed E-state index contributed by atoms with van der Waals surface area (Å²) in [6, 6.07) is 25.3. The van der Waals surface area contributed by atoms with Crippen LogP contribution in [-0.2, 0) is 13.0 Å². The van der Waals surface area contributed by atoms with E-state index >= 15 is 0 Å². The highest BCUT2D eigenvalue weighted by molar-refractivity contribution is 5.68. The molecule has 0 bridgehead atoms. The number of hydrogen-bond acceptors (Lipinski definition) is 0. The van der Waals surface area contributed by atoms with Crippen molar-refractivity contribution in [2.45, 2.75) is 13.0 Å². The molecule has 3 aromatic rings. The summed E-state index contributed by atoms with van der Waals surface area (Å²) in [5, 5.41) is 0. The Morgan fingerprint density at radius 1 is 0.636 bits per heavy atom. The van der Waals surface area contributed by atoms with E-state index in [0.717, 1.165) is 13.0 Å². The zero-order valence-corrected chi connectivity index (χ0v) is 12.6. The predicted molar refractivity (Wildman–Crippen MR) is 92.2 cm³/mol. The van der Waals surface area contributed by atoms with Gasteiger partial charge in [0.1, 0.15) is 0 Å². The molecule has 3 rings (SSSR count). The lowest BCUT2D eigenvalue weighted by atomic mass is 10.1. The molecule has 1 nitrogen and oxygen atoms in total. The summed E-state index contributed by atoms with van der Waals surface area (Å²) in [4.78, 5) is 0. The highest BCUT2D eigenvalue weighted by Gasteiger charge is 2.00. The van der Waals surface area contributed by atoms with E-state index in [9.17, 15) is 0 Å². The second-order valence-corrected chi connectivity index (χ2v) is 5.35. The molecule has 1 aromatic heterocycles. The van der Waals surface area contributed by atoms with Crippen LogP contribution >= 0.6 is 0 Å². The molecule has 0 aliphatic heterocycles. The molecule has 0 spiro atoms. The van der Waals surface area contributed by atoms with Crippen LogP contribution < -0.4 is 4.57 Å². The Labute approximate surface area is 132 Å². The van der Waals surface area contributed by atoms with Gasteiger partial charge in [-0.05, 0) is 16.7 Å². The van der Waals surface area contributed by atoms with E-state index in [1.54, 1.807) is 0 Å². The number of pyridine rings is 1. The first-order valence-corrected chi connectivity index (χ1v) is 7.66. The van der Waals surface area contributed by atoms with Crippen molar-refractivity contribution in [2.75, 3.05) is 0 Å². The van der Waals surface area contributed by atoms with Gasteiger partial charge in [-0.2, -0.15) is 0 Å². The second-order valence-electron chi connectivity index (χ2n) is 5.35. The maximum absolute atomic E-state index is 2.23. The fraction of sp³-hybridized carbons (Fsp3) is 0.0952. The fourth-order valence-electron chi connectivity index (χ4n) is 2.39. The molecule has 0 radical (unpaired) electrons. The van der Waals surface area contributed by atoms with Crippen LogP contribution in [0.2, 0.25) is 0 Å². The van der Waals surface area contributed by atoms with E-state index < -0.39 is 0 Å². The first-order valence-electron chi connectivity index (χ1n) is 7.66. The molecular formula is C21H20N+. The number of hydrogen-bond donors (Lipinski definition) is 0. The Bertz CT molecular complexity index is 713. The third kappa shape index (κ3) is 4.16. The third-order valence-electron chi connectivity index (χ3n) is 3.69. The van der Waals surface area contributed by atoms with Gasteiger partial charge in [-0.15, -0.1) is 0 Å². The van der Waals surface area contributed by atoms with Crippen molar-refractivity contribution < 1.29 is 4.57 Å². The Morgan fingerprint density at radius 2 is 1.18 bits per heavy atom. The van der Waals surface area contributed by atoms with Crippen molar-refractivity contribution in [1.82, 2.24) is 0 Å². The zero-order valence-electron chi connectivity index (χ0n) is 12.6. The summed E-state index contributed by atoms with van der Waals surface area (Å²) in [7, 11) is 0. The molecule has 108 valence electrons. The van der Waals surface area contributed by atoms with Gasteiger partial charge in [0.25, 0.3) is 0 Å². The zero-order chi connectivity index (χ0) is 15.0. The quantitative estimate of drug-likeness (QED) is 0.613. The van der Waals surface area contributed by atoms with Gasteiger partial charge in [0.15, 0.2) is 18.9 Å². The maximum atomic E-state index is 2.23. The van der Waals surface area contributed by atoms with Crippen LogP contribution in [0.1, 0.15) is 16.7 Å². The van der Waals surface area contributed by atoms with Gasteiger partial charge in [0.05, 0.1) is 0 Å². The minimum Gasteiger partial charge on any atom is -0.205 e. The SMILES string of the molecule is C(=C\c1cc[n+](CCc2ccccc2)cc1)/c1ccccc1. The first-order chi connectivity index (χ1) is 10.9. The molecule has 2 aromatic carbocycles. The van der Waals surface area contributed by atoms with Crippen LogP contribution in [0, 0.1) is 0 Å². The minimum atomic E-state index is 1.01. The standard InChI is InChI=1S/C21H20N/c1-3-7-19(8-4-1)11-12-21-14-17-22(18-15-21)16-13-20-9-5-2-6-10-20/h1-12,14-15,17-18H,13,16H2/q+1/b12-11+. The van der Waals surface area contributed by atoms with Crippen LogP contribution in [0.15, 0.2) is 85.2 Å². The molecule has 1 heterocycles. The van der Waals surface area contributed by atoms with E-state index in [4.69, 9.17) is 0 Å². The van der Waals surface area contributed by atoms with Crippen molar-refractivity contribution in [2.24, 2.45) is 0 Å². The number of aryl methyl sites for hydroxylation is 2. The number of rotatable bonds is 5. The van der Waals surface area contributed by atoms with E-state index in [0.29, 0.717) is 0 Å². The van der Waals surface area contributed by atoms with Crippen LogP contribution in [0.25, 0.3) is 12.2 Å². The van der Waals surface area contributed by atoms with E-state index in [2.05, 4.69) is 95.8 Å². The summed E-state index contributed by atoms with van der Waals surface area (Å²) >= 11 is 0. The molecule has 0 saturated heterocycles. The van der Waals surface area contributed by atoms with E-state index in [1.807, 2.05) is 6.07 Å². The van der Waals surface area contributed by atoms with E-state index in [-0.39, 0.29) is 0 Å². The minimum absolute atomic E-state index is 1.01. The van der Waals surface area contributed by atoms with Crippen LogP contribution in [0.3, 0.4) is 0 Å². The van der Waals surface area contributed by atoms with Gasteiger partial charge in [-0.25, -0.2) is 4.57 Å². The molecule has 0 atom stereocenters. The van der Waals surface area contributed by atoms with Gasteiger partial charge in [-0.3, -0.25) is 0 Å². The highest BCUT2D eigenvalue weighted by Crippen LogP contribution is 2.06. The lowest BCUT2D eigenvalue weighted by molar-refractivity contribution is -0.696. The van der Waals surface area contributed by atoms with Crippen molar-refractivity contribution in [3.8, 4) is 0 Å². The molecule has 0 unspecified atom stereocenters. The molecule has 0 amide bonds. The molecule has 0 N–H and O–H groups in total. The molecule has 0 saturated carbocycles. The Morgan fingerprint density at radius 3 is 1.82 bits per heavy atom. The molecule has 1 heteroatoms. The fourth-order valence-corrected chi connectivity index (χ4v) is 2.39. The van der Waals surface area contributed by atoms with Gasteiger partial charge in [0, 0.05) is 18.6 Å². The first kappa shape index (κ1) is 14.3. The topological polar surface area (TPSA) is 3.88 Å². The maximum Gasteiger partial charge on any atom is 0.169 e. The number of nitrogens with zero attached hydrogens (tertiary/aromatic N) is 1. The lowest BCUT2D eigenvalue weighted by Crippen LogP contribution is -2.33. The monoisotopic (exact) mass is 286 g/mol. The van der Waals surface area contributed by atoms with Crippen molar-refractivity contribution in [3.63, 3.8) is 0 Å². The molecular weight excluding hydrogens is 266 g/mol. The van der Waals surface area contributed by atoms with Gasteiger partial charge >= 0.3 is 0 Å². The lowest BCUT2D eigenvalue weighted by Gasteiger charge is -1.99. The summed E-state index contributed by atoms with van der Waals surface area (Å²) < 4.78 is 2.23. The molecule has 0 fully saturated rings. The highest BCUT2D eigenvalue weighted by atomic mass is 14.9. The van der Waals surface area contributed by atoms with Crippen LogP contribution in [-0.4, -0.2) is 0 Å². The average Bonchev–Trinajstić information content (AvgIpc) is 2.61. The average molecular weight is 286 g/mol. The van der Waals surface area contributed by atoms with Crippen LogP contribution in [0.4, 0.5) is 0 Å². The molecule has 0 aliphatic carbocycles. The number of benzene rings is 2. The van der Waals surface area contributed by atoms with Crippen LogP contribution in [0.5, 0.6) is 0 Å². The summed E-state index contributed by atoms with van der Waals surface area (Å²) in [6.45, 7) is 1.01. The van der Waals surface area contributed by atoms with Gasteiger partial charge < -0.3 is 0 Å². The normalized spacial score (nSPS) is 10.9. The Hall–Kier alpha value is -2.67. The Kier molecular flexibility index (Phi) is 4.78. The predicted octanol–water partition coefficient (Wildman–Crippen LogP) is 4.39. The van der Waals surface area contributed by atoms with E-state index in [1.165, 1.54) is 16.7 Å². The van der Waals surface area contributed by atoms with Gasteiger partial charge in [-0.1, -0.05) is 72.8 Å². The van der Waals surface area contributed by atoms with Crippen molar-refractivity contribution in [1.29, 1.82) is 0 Å². The largest absolute Gasteiger partial charge is 0.205 e. The molecule has 22 heavy (non-hydrogen) atoms. The van der Waals surface area contributed by atoms with Crippen molar-refractivity contribution in [3.05, 3.63) is 102 Å². The molecule has 0 aliphatic rings. The van der Waals surface area contributed by atoms with Crippen molar-refractivity contribution >= 4 is 12.2 Å². The summed E-state index contributed by atoms with van der Waals surface area (Å²) in [5.74, 6) is 0. The second kappa shape index (κ2) is 7.37. The Balaban J connectivity index is 1.59. The summed E-state index contributed by atoms with van der Waals surface area (Å²) in [6.07, 6.45) is 9.65.